The first-order valence-corrected chi connectivity index (χ1v) is 4.53. The number of ether oxygens (including phenoxy) is 1. The van der Waals surface area contributed by atoms with E-state index in [0.717, 1.165) is 0 Å². The summed E-state index contributed by atoms with van der Waals surface area (Å²) in [4.78, 5) is 11.2. The molecule has 1 heterocycles. The molecule has 0 aliphatic carbocycles. The van der Waals surface area contributed by atoms with Gasteiger partial charge in [0.2, 0.25) is 5.91 Å². The van der Waals surface area contributed by atoms with Crippen LogP contribution in [0.1, 0.15) is 20.2 Å². The lowest BCUT2D eigenvalue weighted by Gasteiger charge is -2.06. The summed E-state index contributed by atoms with van der Waals surface area (Å²) in [7, 11) is -2.64. The summed E-state index contributed by atoms with van der Waals surface area (Å²) in [5, 5.41) is 8.28. The molecule has 0 aliphatic heterocycles. The highest BCUT2D eigenvalue weighted by Crippen LogP contribution is 2.25. The highest BCUT2D eigenvalue weighted by molar-refractivity contribution is 5.98. The van der Waals surface area contributed by atoms with Gasteiger partial charge in [-0.2, -0.15) is 5.10 Å². The molecule has 16 heavy (non-hydrogen) atoms. The number of aryl methyl sites for hydroxylation is 1. The number of nitrogens with zero attached hydrogens (tertiary/aromatic N) is 2. The predicted octanol–water partition coefficient (Wildman–Crippen LogP) is 1.05. The van der Waals surface area contributed by atoms with Crippen LogP contribution in [-0.2, 0) is 0 Å². The maximum Gasteiger partial charge on any atom is 0.248 e. The van der Waals surface area contributed by atoms with Crippen molar-refractivity contribution in [1.29, 1.82) is 0 Å². The first-order valence-electron chi connectivity index (χ1n) is 6.03. The smallest absolute Gasteiger partial charge is 0.248 e. The van der Waals surface area contributed by atoms with E-state index in [1.807, 2.05) is 0 Å². The van der Waals surface area contributed by atoms with E-state index < -0.39 is 12.9 Å². The molecular formula is C11H11N3O2. The zero-order valence-electron chi connectivity index (χ0n) is 11.5. The lowest BCUT2D eigenvalue weighted by Crippen LogP contribution is -2.11. The standard InChI is InChI=1S/C11H11N3O2/c1-6-3-7-4-8(11(12)15)5-9(16-2)10(7)14-13-6/h3-5H,1-2H3,(H2,12,15)/i2D3. The van der Waals surface area contributed by atoms with E-state index in [0.29, 0.717) is 11.1 Å². The molecule has 2 rings (SSSR count). The number of methoxy groups -OCH3 is 1. The van der Waals surface area contributed by atoms with E-state index in [2.05, 4.69) is 10.2 Å². The van der Waals surface area contributed by atoms with Crippen LogP contribution in [0.25, 0.3) is 10.9 Å². The average molecular weight is 220 g/mol. The number of nitrogens with two attached hydrogens (primary N) is 1. The van der Waals surface area contributed by atoms with E-state index in [9.17, 15) is 4.79 Å². The summed E-state index contributed by atoms with van der Waals surface area (Å²) >= 11 is 0. The molecule has 0 fully saturated rings. The van der Waals surface area contributed by atoms with Crippen molar-refractivity contribution in [3.05, 3.63) is 29.5 Å². The highest BCUT2D eigenvalue weighted by Gasteiger charge is 2.09. The molecule has 0 unspecified atom stereocenters. The van der Waals surface area contributed by atoms with Crippen molar-refractivity contribution in [3.8, 4) is 5.75 Å². The summed E-state index contributed by atoms with van der Waals surface area (Å²) < 4.78 is 26.2. The Hall–Kier alpha value is -2.17. The second-order valence-electron chi connectivity index (χ2n) is 3.36. The molecule has 2 aromatic rings. The van der Waals surface area contributed by atoms with Gasteiger partial charge in [0.05, 0.1) is 16.8 Å². The van der Waals surface area contributed by atoms with Crippen molar-refractivity contribution < 1.29 is 13.6 Å². The lowest BCUT2D eigenvalue weighted by atomic mass is 10.1. The number of amides is 1. The summed E-state index contributed by atoms with van der Waals surface area (Å²) in [6, 6.07) is 4.44. The molecule has 2 N–H and O–H groups in total. The van der Waals surface area contributed by atoms with Gasteiger partial charge in [0.1, 0.15) is 11.3 Å². The van der Waals surface area contributed by atoms with Crippen molar-refractivity contribution in [2.75, 3.05) is 7.04 Å². The second-order valence-corrected chi connectivity index (χ2v) is 3.36. The molecule has 0 saturated carbocycles. The van der Waals surface area contributed by atoms with Gasteiger partial charge in [-0.25, -0.2) is 0 Å². The molecule has 0 aliphatic rings. The zero-order chi connectivity index (χ0) is 14.2. The van der Waals surface area contributed by atoms with E-state index in [-0.39, 0.29) is 16.8 Å². The SMILES string of the molecule is [2H]C([2H])([2H])Oc1cc(C(N)=O)cc2cc(C)nnc12. The van der Waals surface area contributed by atoms with Crippen molar-refractivity contribution in [1.82, 2.24) is 10.2 Å². The van der Waals surface area contributed by atoms with Gasteiger partial charge in [-0.05, 0) is 25.1 Å². The Kier molecular flexibility index (Phi) is 1.69. The minimum atomic E-state index is -2.64. The zero-order valence-corrected chi connectivity index (χ0v) is 8.52. The summed E-state index contributed by atoms with van der Waals surface area (Å²) in [5.74, 6) is -0.717. The number of aromatic nitrogens is 2. The Bertz CT molecular complexity index is 655. The number of fused-ring (bicyclic) bond motifs is 1. The third kappa shape index (κ3) is 1.67. The molecule has 0 bridgehead atoms. The topological polar surface area (TPSA) is 78.1 Å². The first-order chi connectivity index (χ1) is 8.76. The van der Waals surface area contributed by atoms with Crippen LogP contribution in [0.5, 0.6) is 5.75 Å². The maximum absolute atomic E-state index is 11.2. The molecule has 5 nitrogen and oxygen atoms in total. The number of hydrogen-bond donors (Lipinski definition) is 1. The normalized spacial score (nSPS) is 13.9. The van der Waals surface area contributed by atoms with Gasteiger partial charge in [0.25, 0.3) is 0 Å². The van der Waals surface area contributed by atoms with E-state index in [1.165, 1.54) is 12.1 Å². The number of rotatable bonds is 2. The quantitative estimate of drug-likeness (QED) is 0.820. The van der Waals surface area contributed by atoms with Gasteiger partial charge < -0.3 is 10.5 Å². The van der Waals surface area contributed by atoms with E-state index in [1.54, 1.807) is 13.0 Å². The maximum atomic E-state index is 11.2. The van der Waals surface area contributed by atoms with Gasteiger partial charge >= 0.3 is 0 Å². The molecule has 1 aromatic carbocycles. The van der Waals surface area contributed by atoms with Crippen LogP contribution in [0, 0.1) is 6.92 Å². The van der Waals surface area contributed by atoms with Gasteiger partial charge in [-0.3, -0.25) is 4.79 Å². The van der Waals surface area contributed by atoms with Crippen LogP contribution in [0.2, 0.25) is 0 Å². The number of carbonyl (C=O) groups excluding carboxylic acids is 1. The van der Waals surface area contributed by atoms with Crippen molar-refractivity contribution in [3.63, 3.8) is 0 Å². The second kappa shape index (κ2) is 3.77. The van der Waals surface area contributed by atoms with Crippen LogP contribution in [0.3, 0.4) is 0 Å². The molecule has 0 atom stereocenters. The predicted molar refractivity (Wildman–Crippen MR) is 59.3 cm³/mol. The van der Waals surface area contributed by atoms with E-state index in [4.69, 9.17) is 14.6 Å². The molecule has 1 amide bonds. The molecule has 0 radical (unpaired) electrons. The Morgan fingerprint density at radius 1 is 1.44 bits per heavy atom. The Labute approximate surface area is 96.4 Å². The number of primary amides is 1. The molecular weight excluding hydrogens is 206 g/mol. The van der Waals surface area contributed by atoms with Gasteiger partial charge in [0.15, 0.2) is 0 Å². The van der Waals surface area contributed by atoms with Crippen molar-refractivity contribution >= 4 is 16.8 Å². The lowest BCUT2D eigenvalue weighted by molar-refractivity contribution is 0.1000. The third-order valence-electron chi connectivity index (χ3n) is 2.17. The monoisotopic (exact) mass is 220 g/mol. The molecule has 0 spiro atoms. The Morgan fingerprint density at radius 3 is 2.94 bits per heavy atom. The Balaban J connectivity index is 2.68. The third-order valence-corrected chi connectivity index (χ3v) is 2.17. The van der Waals surface area contributed by atoms with Crippen molar-refractivity contribution in [2.24, 2.45) is 5.73 Å². The summed E-state index contributed by atoms with van der Waals surface area (Å²) in [6.45, 7) is 1.73. The largest absolute Gasteiger partial charge is 0.494 e. The summed E-state index contributed by atoms with van der Waals surface area (Å²) in [6.07, 6.45) is 0. The van der Waals surface area contributed by atoms with Crippen LogP contribution < -0.4 is 10.5 Å². The molecule has 5 heteroatoms. The molecule has 82 valence electrons. The van der Waals surface area contributed by atoms with Gasteiger partial charge in [0, 0.05) is 10.9 Å². The van der Waals surface area contributed by atoms with Gasteiger partial charge in [-0.1, -0.05) is 0 Å². The van der Waals surface area contributed by atoms with Crippen LogP contribution in [0.15, 0.2) is 18.2 Å². The first kappa shape index (κ1) is 7.16. The van der Waals surface area contributed by atoms with Crippen LogP contribution >= 0.6 is 0 Å². The summed E-state index contributed by atoms with van der Waals surface area (Å²) in [5.41, 5.74) is 6.26. The van der Waals surface area contributed by atoms with Gasteiger partial charge in [-0.15, -0.1) is 5.10 Å². The number of hydrogen-bond acceptors (Lipinski definition) is 4. The Morgan fingerprint density at radius 2 is 2.25 bits per heavy atom. The number of benzene rings is 1. The number of carbonyl (C=O) groups is 1. The van der Waals surface area contributed by atoms with E-state index >= 15 is 0 Å². The minimum Gasteiger partial charge on any atom is -0.494 e. The molecule has 0 saturated heterocycles. The fourth-order valence-electron chi connectivity index (χ4n) is 1.45. The average Bonchev–Trinajstić information content (AvgIpc) is 2.25. The van der Waals surface area contributed by atoms with Crippen LogP contribution in [0.4, 0.5) is 0 Å². The van der Waals surface area contributed by atoms with Crippen molar-refractivity contribution in [2.45, 2.75) is 6.92 Å². The minimum absolute atomic E-state index is 0.0428. The highest BCUT2D eigenvalue weighted by atomic mass is 16.5. The fraction of sp³-hybridized carbons (Fsp3) is 0.182. The fourth-order valence-corrected chi connectivity index (χ4v) is 1.45. The van der Waals surface area contributed by atoms with Crippen LogP contribution in [-0.4, -0.2) is 23.1 Å². The molecule has 1 aromatic heterocycles.